The molecule has 12 nitrogen and oxygen atoms in total. The van der Waals surface area contributed by atoms with Crippen molar-refractivity contribution in [2.45, 2.75) is 38.9 Å². The van der Waals surface area contributed by atoms with Crippen LogP contribution in [0.25, 0.3) is 0 Å². The molecule has 1 heterocycles. The molecule has 0 saturated heterocycles. The quantitative estimate of drug-likeness (QED) is 0.207. The number of rotatable bonds is 12. The minimum atomic E-state index is -1.07. The summed E-state index contributed by atoms with van der Waals surface area (Å²) in [6.45, 7) is 3.20. The second kappa shape index (κ2) is 14.0. The summed E-state index contributed by atoms with van der Waals surface area (Å²) >= 11 is 0. The van der Waals surface area contributed by atoms with Gasteiger partial charge in [-0.3, -0.25) is 24.6 Å². The number of carbonyl (C=O) groups is 4. The van der Waals surface area contributed by atoms with Gasteiger partial charge in [0.05, 0.1) is 25.6 Å². The highest BCUT2D eigenvalue weighted by atomic mass is 16.5. The summed E-state index contributed by atoms with van der Waals surface area (Å²) in [7, 11) is 3.05. The number of carboxylic acid groups (broad SMARTS) is 1. The molecule has 12 heteroatoms. The molecule has 41 heavy (non-hydrogen) atoms. The number of pyridine rings is 1. The Morgan fingerprint density at radius 1 is 1.05 bits per heavy atom. The number of methoxy groups -OCH3 is 1. The molecule has 0 saturated carbocycles. The smallest absolute Gasteiger partial charge is 0.323 e. The van der Waals surface area contributed by atoms with E-state index in [4.69, 9.17) is 10.5 Å². The molecule has 2 aromatic carbocycles. The Balaban J connectivity index is 1.66. The molecule has 0 fully saturated rings. The number of aryl methyl sites for hydroxylation is 1. The van der Waals surface area contributed by atoms with Gasteiger partial charge in [-0.05, 0) is 54.8 Å². The van der Waals surface area contributed by atoms with Crippen molar-refractivity contribution in [2.24, 2.45) is 5.73 Å². The number of nitrogens with one attached hydrogen (secondary N) is 3. The van der Waals surface area contributed by atoms with Crippen molar-refractivity contribution in [3.05, 3.63) is 77.5 Å². The number of benzene rings is 2. The van der Waals surface area contributed by atoms with Crippen LogP contribution < -0.4 is 31.3 Å². The number of amides is 3. The number of nitrogens with two attached hydrogens (primary N) is 1. The van der Waals surface area contributed by atoms with E-state index >= 15 is 0 Å². The molecule has 0 aliphatic heterocycles. The van der Waals surface area contributed by atoms with E-state index in [-0.39, 0.29) is 24.5 Å². The topological polar surface area (TPSA) is 176 Å². The summed E-state index contributed by atoms with van der Waals surface area (Å²) < 4.78 is 5.44. The highest BCUT2D eigenvalue weighted by Gasteiger charge is 2.21. The molecule has 3 aromatic rings. The van der Waals surface area contributed by atoms with Crippen LogP contribution in [-0.4, -0.2) is 54.1 Å². The van der Waals surface area contributed by atoms with E-state index in [1.807, 2.05) is 25.1 Å². The normalized spacial score (nSPS) is 12.1. The fourth-order valence-corrected chi connectivity index (χ4v) is 3.94. The first-order chi connectivity index (χ1) is 19.5. The summed E-state index contributed by atoms with van der Waals surface area (Å²) in [5, 5.41) is 17.6. The number of Topliss-reactive ketones (excluding diaryl/α,β-unsaturated/α-hetero) is 1. The predicted octanol–water partition coefficient (Wildman–Crippen LogP) is 3.23. The third-order valence-corrected chi connectivity index (χ3v) is 6.35. The van der Waals surface area contributed by atoms with Gasteiger partial charge in [-0.2, -0.15) is 0 Å². The summed E-state index contributed by atoms with van der Waals surface area (Å²) in [5.41, 5.74) is 8.96. The molecule has 0 radical (unpaired) electrons. The van der Waals surface area contributed by atoms with E-state index in [2.05, 4.69) is 20.9 Å². The Morgan fingerprint density at radius 2 is 1.76 bits per heavy atom. The third kappa shape index (κ3) is 8.59. The van der Waals surface area contributed by atoms with Crippen LogP contribution >= 0.6 is 0 Å². The van der Waals surface area contributed by atoms with Crippen molar-refractivity contribution in [3.8, 4) is 5.75 Å². The Bertz CT molecular complexity index is 1410. The summed E-state index contributed by atoms with van der Waals surface area (Å²) in [6.07, 6.45) is 0.141. The van der Waals surface area contributed by atoms with Crippen molar-refractivity contribution >= 4 is 40.9 Å². The predicted molar refractivity (Wildman–Crippen MR) is 155 cm³/mol. The summed E-state index contributed by atoms with van der Waals surface area (Å²) in [5.74, 6) is -0.925. The number of urea groups is 1. The van der Waals surface area contributed by atoms with Crippen LogP contribution in [0.2, 0.25) is 0 Å². The number of ketones is 1. The van der Waals surface area contributed by atoms with Crippen LogP contribution in [0.3, 0.4) is 0 Å². The van der Waals surface area contributed by atoms with Gasteiger partial charge in [-0.1, -0.05) is 30.3 Å². The number of hydrogen-bond acceptors (Lipinski definition) is 8. The lowest BCUT2D eigenvalue weighted by atomic mass is 10.0. The highest BCUT2D eigenvalue weighted by Crippen LogP contribution is 2.27. The van der Waals surface area contributed by atoms with Crippen molar-refractivity contribution in [1.29, 1.82) is 0 Å². The Morgan fingerprint density at radius 3 is 2.37 bits per heavy atom. The van der Waals surface area contributed by atoms with Crippen LogP contribution in [0.5, 0.6) is 5.75 Å². The fourth-order valence-electron chi connectivity index (χ4n) is 3.94. The number of carboxylic acids is 1. The van der Waals surface area contributed by atoms with Crippen LogP contribution in [0.15, 0.2) is 60.8 Å². The first kappa shape index (κ1) is 30.7. The number of para-hydroxylation sites is 1. The SMILES string of the molecule is COc1cc(CC(=O)N(C)c2ccc(C(CC(=O)O)NC(N)C(C)=O)cn2)ccc1NC(=O)Nc1ccccc1C. The number of likely N-dealkylation sites (N-methyl/N-ethyl adjacent to an activating group) is 1. The summed E-state index contributed by atoms with van der Waals surface area (Å²) in [4.78, 5) is 54.0. The maximum absolute atomic E-state index is 13.0. The van der Waals surface area contributed by atoms with E-state index < -0.39 is 24.2 Å². The van der Waals surface area contributed by atoms with Gasteiger partial charge in [0.2, 0.25) is 5.91 Å². The first-order valence-electron chi connectivity index (χ1n) is 12.8. The largest absolute Gasteiger partial charge is 0.495 e. The number of carbonyl (C=O) groups excluding carboxylic acids is 3. The monoisotopic (exact) mass is 562 g/mol. The van der Waals surface area contributed by atoms with E-state index in [0.29, 0.717) is 34.1 Å². The molecule has 0 aliphatic carbocycles. The number of nitrogens with zero attached hydrogens (tertiary/aromatic N) is 2. The molecule has 0 bridgehead atoms. The molecule has 216 valence electrons. The minimum Gasteiger partial charge on any atom is -0.495 e. The summed E-state index contributed by atoms with van der Waals surface area (Å²) in [6, 6.07) is 14.5. The lowest BCUT2D eigenvalue weighted by Gasteiger charge is -2.22. The first-order valence-corrected chi connectivity index (χ1v) is 12.8. The van der Waals surface area contributed by atoms with Gasteiger partial charge in [0.15, 0.2) is 5.78 Å². The van der Waals surface area contributed by atoms with E-state index in [1.165, 1.54) is 25.1 Å². The number of aliphatic carboxylic acids is 1. The van der Waals surface area contributed by atoms with Gasteiger partial charge in [0.1, 0.15) is 17.7 Å². The number of anilines is 3. The van der Waals surface area contributed by atoms with Gasteiger partial charge in [0, 0.05) is 25.0 Å². The highest BCUT2D eigenvalue weighted by molar-refractivity contribution is 6.01. The second-order valence-electron chi connectivity index (χ2n) is 9.41. The Labute approximate surface area is 237 Å². The maximum atomic E-state index is 13.0. The van der Waals surface area contributed by atoms with Gasteiger partial charge >= 0.3 is 12.0 Å². The number of aromatic nitrogens is 1. The third-order valence-electron chi connectivity index (χ3n) is 6.35. The zero-order chi connectivity index (χ0) is 30.1. The average Bonchev–Trinajstić information content (AvgIpc) is 2.94. The van der Waals surface area contributed by atoms with Crippen LogP contribution in [0, 0.1) is 6.92 Å². The molecule has 0 spiro atoms. The maximum Gasteiger partial charge on any atom is 0.323 e. The molecule has 2 atom stereocenters. The Kier molecular flexibility index (Phi) is 10.5. The van der Waals surface area contributed by atoms with E-state index in [0.717, 1.165) is 5.56 Å². The molecule has 3 amide bonds. The van der Waals surface area contributed by atoms with E-state index in [1.54, 1.807) is 43.4 Å². The van der Waals surface area contributed by atoms with Gasteiger partial charge in [-0.25, -0.2) is 9.78 Å². The van der Waals surface area contributed by atoms with Gasteiger partial charge in [-0.15, -0.1) is 0 Å². The molecule has 0 aliphatic rings. The fraction of sp³-hybridized carbons (Fsp3) is 0.276. The standard InChI is InChI=1S/C29H34N6O6/c1-17-7-5-6-8-21(17)33-29(40)34-22-11-9-19(13-24(22)41-4)14-26(37)35(3)25-12-10-20(16-31-25)23(15-27(38)39)32-28(30)18(2)36/h5-13,16,23,28,32H,14-15,30H2,1-4H3,(H,38,39)(H2,33,34,40). The number of ether oxygens (including phenoxy) is 1. The lowest BCUT2D eigenvalue weighted by molar-refractivity contribution is -0.138. The molecular formula is C29H34N6O6. The average molecular weight is 563 g/mol. The van der Waals surface area contributed by atoms with Gasteiger partial charge in [0.25, 0.3) is 0 Å². The molecule has 3 rings (SSSR count). The zero-order valence-electron chi connectivity index (χ0n) is 23.3. The second-order valence-corrected chi connectivity index (χ2v) is 9.41. The minimum absolute atomic E-state index is 0.0304. The van der Waals surface area contributed by atoms with Crippen molar-refractivity contribution in [2.75, 3.05) is 29.7 Å². The van der Waals surface area contributed by atoms with Gasteiger partial charge < -0.3 is 26.2 Å². The lowest BCUT2D eigenvalue weighted by Crippen LogP contribution is -2.45. The number of hydrogen-bond donors (Lipinski definition) is 5. The van der Waals surface area contributed by atoms with Crippen molar-refractivity contribution in [3.63, 3.8) is 0 Å². The van der Waals surface area contributed by atoms with Crippen molar-refractivity contribution in [1.82, 2.24) is 10.3 Å². The molecule has 6 N–H and O–H groups in total. The molecule has 1 aromatic heterocycles. The zero-order valence-corrected chi connectivity index (χ0v) is 23.3. The van der Waals surface area contributed by atoms with Crippen LogP contribution in [0.1, 0.15) is 36.1 Å². The van der Waals surface area contributed by atoms with Crippen LogP contribution in [0.4, 0.5) is 22.0 Å². The molecule has 2 unspecified atom stereocenters. The Hall–Kier alpha value is -4.81. The van der Waals surface area contributed by atoms with Crippen LogP contribution in [-0.2, 0) is 20.8 Å². The van der Waals surface area contributed by atoms with Crippen molar-refractivity contribution < 1.29 is 29.0 Å². The van der Waals surface area contributed by atoms with E-state index in [9.17, 15) is 24.3 Å². The molecular weight excluding hydrogens is 528 g/mol.